The van der Waals surface area contributed by atoms with Gasteiger partial charge in [-0.3, -0.25) is 9.48 Å². The molecule has 0 radical (unpaired) electrons. The fraction of sp³-hybridized carbons (Fsp3) is 0.692. The number of hydrogen-bond acceptors (Lipinski definition) is 3. The molecular formula is C13H23ClN4O. The van der Waals surface area contributed by atoms with Gasteiger partial charge in [0.2, 0.25) is 0 Å². The summed E-state index contributed by atoms with van der Waals surface area (Å²) in [6.45, 7) is 3.94. The van der Waals surface area contributed by atoms with E-state index in [1.54, 1.807) is 4.68 Å². The van der Waals surface area contributed by atoms with Crippen LogP contribution in [0, 0.1) is 6.92 Å². The first-order valence-corrected chi connectivity index (χ1v) is 6.57. The molecule has 1 aliphatic heterocycles. The molecule has 1 unspecified atom stereocenters. The van der Waals surface area contributed by atoms with Crippen molar-refractivity contribution in [2.24, 2.45) is 7.05 Å². The lowest BCUT2D eigenvalue weighted by atomic mass is 10.1. The number of hydrogen-bond donors (Lipinski definition) is 1. The lowest BCUT2D eigenvalue weighted by Crippen LogP contribution is -2.37. The summed E-state index contributed by atoms with van der Waals surface area (Å²) in [7, 11) is 3.75. The molecule has 1 saturated heterocycles. The smallest absolute Gasteiger partial charge is 0.257 e. The zero-order valence-electron chi connectivity index (χ0n) is 11.8. The summed E-state index contributed by atoms with van der Waals surface area (Å²) >= 11 is 0. The summed E-state index contributed by atoms with van der Waals surface area (Å²) in [5, 5.41) is 7.61. The highest BCUT2D eigenvalue weighted by atomic mass is 35.5. The fourth-order valence-electron chi connectivity index (χ4n) is 2.55. The van der Waals surface area contributed by atoms with Gasteiger partial charge in [-0.25, -0.2) is 0 Å². The summed E-state index contributed by atoms with van der Waals surface area (Å²) in [4.78, 5) is 14.3. The van der Waals surface area contributed by atoms with Crippen LogP contribution in [0.1, 0.15) is 35.3 Å². The van der Waals surface area contributed by atoms with Crippen LogP contribution in [0.2, 0.25) is 0 Å². The molecule has 0 bridgehead atoms. The Labute approximate surface area is 120 Å². The molecular weight excluding hydrogens is 264 g/mol. The van der Waals surface area contributed by atoms with Gasteiger partial charge in [-0.1, -0.05) is 0 Å². The van der Waals surface area contributed by atoms with Crippen LogP contribution < -0.4 is 5.32 Å². The zero-order chi connectivity index (χ0) is 13.1. The molecule has 5 nitrogen and oxygen atoms in total. The van der Waals surface area contributed by atoms with Crippen LogP contribution in [0.5, 0.6) is 0 Å². The summed E-state index contributed by atoms with van der Waals surface area (Å²) in [5.41, 5.74) is 1.53. The van der Waals surface area contributed by atoms with Gasteiger partial charge >= 0.3 is 0 Å². The van der Waals surface area contributed by atoms with E-state index in [9.17, 15) is 4.79 Å². The van der Waals surface area contributed by atoms with E-state index in [1.807, 2.05) is 32.1 Å². The SMILES string of the molecule is Cc1nn(C)cc1C(=O)N(C)C1CCCNCC1.Cl. The van der Waals surface area contributed by atoms with Crippen LogP contribution in [0.3, 0.4) is 0 Å². The number of aryl methyl sites for hydroxylation is 2. The minimum Gasteiger partial charge on any atom is -0.339 e. The van der Waals surface area contributed by atoms with Crippen molar-refractivity contribution in [3.8, 4) is 0 Å². The van der Waals surface area contributed by atoms with Crippen molar-refractivity contribution in [3.63, 3.8) is 0 Å². The Morgan fingerprint density at radius 3 is 2.84 bits per heavy atom. The van der Waals surface area contributed by atoms with E-state index in [1.165, 1.54) is 0 Å². The molecule has 19 heavy (non-hydrogen) atoms. The number of carbonyl (C=O) groups is 1. The Morgan fingerprint density at radius 2 is 2.21 bits per heavy atom. The van der Waals surface area contributed by atoms with Crippen molar-refractivity contribution in [2.75, 3.05) is 20.1 Å². The van der Waals surface area contributed by atoms with Gasteiger partial charge in [-0.05, 0) is 39.3 Å². The Bertz CT molecular complexity index is 424. The first-order valence-electron chi connectivity index (χ1n) is 6.57. The second kappa shape index (κ2) is 6.91. The minimum absolute atomic E-state index is 0. The summed E-state index contributed by atoms with van der Waals surface area (Å²) in [5.74, 6) is 0.0903. The normalized spacial score (nSPS) is 19.4. The maximum absolute atomic E-state index is 12.4. The van der Waals surface area contributed by atoms with Gasteiger partial charge < -0.3 is 10.2 Å². The summed E-state index contributed by atoms with van der Waals surface area (Å²) < 4.78 is 1.70. The van der Waals surface area contributed by atoms with Gasteiger partial charge in [0, 0.05) is 26.3 Å². The van der Waals surface area contributed by atoms with Crippen molar-refractivity contribution in [3.05, 3.63) is 17.5 Å². The monoisotopic (exact) mass is 286 g/mol. The van der Waals surface area contributed by atoms with Crippen molar-refractivity contribution in [1.29, 1.82) is 0 Å². The quantitative estimate of drug-likeness (QED) is 0.893. The molecule has 1 aromatic rings. The zero-order valence-corrected chi connectivity index (χ0v) is 12.7. The average molecular weight is 287 g/mol. The van der Waals surface area contributed by atoms with Crippen LogP contribution >= 0.6 is 12.4 Å². The van der Waals surface area contributed by atoms with Gasteiger partial charge in [0.05, 0.1) is 11.3 Å². The van der Waals surface area contributed by atoms with Crippen LogP contribution in [0.15, 0.2) is 6.20 Å². The standard InChI is InChI=1S/C13H22N4O.ClH/c1-10-12(9-16(2)15-10)13(18)17(3)11-5-4-7-14-8-6-11;/h9,11,14H,4-8H2,1-3H3;1H. The number of rotatable bonds is 2. The minimum atomic E-state index is 0. The molecule has 108 valence electrons. The van der Waals surface area contributed by atoms with E-state index >= 15 is 0 Å². The average Bonchev–Trinajstić information content (AvgIpc) is 2.59. The third kappa shape index (κ3) is 3.70. The molecule has 1 aliphatic rings. The van der Waals surface area contributed by atoms with Crippen LogP contribution in [0.4, 0.5) is 0 Å². The number of nitrogens with zero attached hydrogens (tertiary/aromatic N) is 3. The summed E-state index contributed by atoms with van der Waals surface area (Å²) in [6, 6.07) is 0.340. The summed E-state index contributed by atoms with van der Waals surface area (Å²) in [6.07, 6.45) is 5.05. The van der Waals surface area contributed by atoms with Gasteiger partial charge in [-0.15, -0.1) is 12.4 Å². The van der Waals surface area contributed by atoms with Gasteiger partial charge in [0.25, 0.3) is 5.91 Å². The Morgan fingerprint density at radius 1 is 1.47 bits per heavy atom. The number of halogens is 1. The highest BCUT2D eigenvalue weighted by molar-refractivity contribution is 5.95. The lowest BCUT2D eigenvalue weighted by molar-refractivity contribution is 0.0719. The van der Waals surface area contributed by atoms with Gasteiger partial charge in [-0.2, -0.15) is 5.10 Å². The van der Waals surface area contributed by atoms with E-state index < -0.39 is 0 Å². The first-order chi connectivity index (χ1) is 8.59. The molecule has 0 aromatic carbocycles. The predicted molar refractivity (Wildman–Crippen MR) is 77.8 cm³/mol. The van der Waals surface area contributed by atoms with E-state index in [2.05, 4.69) is 10.4 Å². The molecule has 1 N–H and O–H groups in total. The number of carbonyl (C=O) groups excluding carboxylic acids is 1. The third-order valence-electron chi connectivity index (χ3n) is 3.66. The molecule has 6 heteroatoms. The predicted octanol–water partition coefficient (Wildman–Crippen LogP) is 1.36. The van der Waals surface area contributed by atoms with E-state index in [4.69, 9.17) is 0 Å². The molecule has 2 heterocycles. The van der Waals surface area contributed by atoms with E-state index in [0.29, 0.717) is 6.04 Å². The molecule has 1 amide bonds. The van der Waals surface area contributed by atoms with Crippen LogP contribution in [-0.2, 0) is 7.05 Å². The van der Waals surface area contributed by atoms with Crippen molar-refractivity contribution >= 4 is 18.3 Å². The third-order valence-corrected chi connectivity index (χ3v) is 3.66. The van der Waals surface area contributed by atoms with Crippen molar-refractivity contribution in [2.45, 2.75) is 32.2 Å². The highest BCUT2D eigenvalue weighted by Gasteiger charge is 2.24. The molecule has 2 rings (SSSR count). The molecule has 0 spiro atoms. The molecule has 1 atom stereocenters. The molecule has 1 aromatic heterocycles. The lowest BCUT2D eigenvalue weighted by Gasteiger charge is -2.26. The molecule has 1 fully saturated rings. The Balaban J connectivity index is 0.00000180. The van der Waals surface area contributed by atoms with Crippen LogP contribution in [0.25, 0.3) is 0 Å². The topological polar surface area (TPSA) is 50.2 Å². The van der Waals surface area contributed by atoms with E-state index in [0.717, 1.165) is 43.6 Å². The number of nitrogens with one attached hydrogen (secondary N) is 1. The first kappa shape index (κ1) is 16.0. The van der Waals surface area contributed by atoms with Crippen molar-refractivity contribution in [1.82, 2.24) is 20.0 Å². The van der Waals surface area contributed by atoms with Crippen molar-refractivity contribution < 1.29 is 4.79 Å². The number of aromatic nitrogens is 2. The Hall–Kier alpha value is -1.07. The highest BCUT2D eigenvalue weighted by Crippen LogP contribution is 2.16. The number of amides is 1. The fourth-order valence-corrected chi connectivity index (χ4v) is 2.55. The van der Waals surface area contributed by atoms with Gasteiger partial charge in [0.1, 0.15) is 0 Å². The molecule has 0 aliphatic carbocycles. The molecule has 0 saturated carbocycles. The maximum Gasteiger partial charge on any atom is 0.257 e. The maximum atomic E-state index is 12.4. The second-order valence-electron chi connectivity index (χ2n) is 5.05. The van der Waals surface area contributed by atoms with Gasteiger partial charge in [0.15, 0.2) is 0 Å². The largest absolute Gasteiger partial charge is 0.339 e. The van der Waals surface area contributed by atoms with E-state index in [-0.39, 0.29) is 18.3 Å². The Kier molecular flexibility index (Phi) is 5.82. The van der Waals surface area contributed by atoms with Crippen LogP contribution in [-0.4, -0.2) is 46.8 Å². The second-order valence-corrected chi connectivity index (χ2v) is 5.05.